The van der Waals surface area contributed by atoms with Crippen molar-refractivity contribution < 1.29 is 14.6 Å². The van der Waals surface area contributed by atoms with Crippen LogP contribution in [0.2, 0.25) is 0 Å². The van der Waals surface area contributed by atoms with Crippen LogP contribution in [0.3, 0.4) is 0 Å². The van der Waals surface area contributed by atoms with Gasteiger partial charge >= 0.3 is 5.97 Å². The molecule has 3 heteroatoms. The molecule has 0 aliphatic carbocycles. The van der Waals surface area contributed by atoms with Gasteiger partial charge in [0.1, 0.15) is 6.61 Å². The van der Waals surface area contributed by atoms with Crippen molar-refractivity contribution in [3.8, 4) is 22.3 Å². The van der Waals surface area contributed by atoms with E-state index in [4.69, 9.17) is 4.74 Å². The minimum absolute atomic E-state index is 0.0104. The topological polar surface area (TPSA) is 46.5 Å². The predicted molar refractivity (Wildman–Crippen MR) is 108 cm³/mol. The summed E-state index contributed by atoms with van der Waals surface area (Å²) in [5, 5.41) is 9.24. The highest BCUT2D eigenvalue weighted by Gasteiger charge is 2.10. The van der Waals surface area contributed by atoms with Crippen molar-refractivity contribution in [1.82, 2.24) is 0 Å². The van der Waals surface area contributed by atoms with E-state index in [-0.39, 0.29) is 13.2 Å². The second kappa shape index (κ2) is 8.47. The van der Waals surface area contributed by atoms with Gasteiger partial charge in [-0.05, 0) is 46.4 Å². The molecule has 0 aromatic heterocycles. The Labute approximate surface area is 159 Å². The predicted octanol–water partition coefficient (Wildman–Crippen LogP) is 5.05. The molecule has 0 bridgehead atoms. The second-order valence-corrected chi connectivity index (χ2v) is 6.40. The molecule has 27 heavy (non-hydrogen) atoms. The molecule has 0 amide bonds. The Bertz CT molecular complexity index is 938. The smallest absolute Gasteiger partial charge is 0.330 e. The molecule has 0 aliphatic heterocycles. The Balaban J connectivity index is 2.01. The van der Waals surface area contributed by atoms with E-state index in [9.17, 15) is 9.90 Å². The van der Waals surface area contributed by atoms with Crippen molar-refractivity contribution in [1.29, 1.82) is 0 Å². The molecule has 0 heterocycles. The van der Waals surface area contributed by atoms with Crippen LogP contribution in [0, 0.1) is 6.92 Å². The number of esters is 1. The fourth-order valence-electron chi connectivity index (χ4n) is 2.92. The van der Waals surface area contributed by atoms with Crippen LogP contribution in [-0.2, 0) is 22.7 Å². The standard InChI is InChI=1S/C24H22O3/c1-3-24(26)27-16-22-14-21(19-8-4-17(2)5-9-19)12-13-23(22)20-10-6-18(15-25)7-11-20/h3-14,25H,1,15-16H2,2H3. The first kappa shape index (κ1) is 18.6. The molecule has 3 aromatic rings. The van der Waals surface area contributed by atoms with Crippen molar-refractivity contribution in [2.24, 2.45) is 0 Å². The third kappa shape index (κ3) is 4.52. The Kier molecular flexibility index (Phi) is 5.84. The van der Waals surface area contributed by atoms with Crippen LogP contribution in [0.4, 0.5) is 0 Å². The lowest BCUT2D eigenvalue weighted by atomic mass is 9.94. The molecule has 0 aliphatic rings. The van der Waals surface area contributed by atoms with Gasteiger partial charge in [0.15, 0.2) is 0 Å². The molecule has 0 saturated carbocycles. The molecular weight excluding hydrogens is 336 g/mol. The van der Waals surface area contributed by atoms with Gasteiger partial charge in [0, 0.05) is 6.08 Å². The quantitative estimate of drug-likeness (QED) is 0.495. The summed E-state index contributed by atoms with van der Waals surface area (Å²) in [5.74, 6) is -0.447. The van der Waals surface area contributed by atoms with E-state index in [2.05, 4.69) is 49.9 Å². The Morgan fingerprint density at radius 1 is 0.963 bits per heavy atom. The van der Waals surface area contributed by atoms with Gasteiger partial charge in [-0.1, -0.05) is 72.8 Å². The molecule has 3 aromatic carbocycles. The third-order valence-electron chi connectivity index (χ3n) is 4.47. The van der Waals surface area contributed by atoms with Crippen molar-refractivity contribution >= 4 is 5.97 Å². The minimum atomic E-state index is -0.447. The maximum absolute atomic E-state index is 11.5. The lowest BCUT2D eigenvalue weighted by Crippen LogP contribution is -2.02. The fourth-order valence-corrected chi connectivity index (χ4v) is 2.92. The van der Waals surface area contributed by atoms with E-state index < -0.39 is 5.97 Å². The zero-order valence-electron chi connectivity index (χ0n) is 15.3. The third-order valence-corrected chi connectivity index (χ3v) is 4.47. The Morgan fingerprint density at radius 2 is 1.59 bits per heavy atom. The van der Waals surface area contributed by atoms with Gasteiger partial charge in [-0.15, -0.1) is 0 Å². The average molecular weight is 358 g/mol. The molecule has 136 valence electrons. The summed E-state index contributed by atoms with van der Waals surface area (Å²) in [6, 6.07) is 22.2. The van der Waals surface area contributed by atoms with Crippen molar-refractivity contribution in [3.05, 3.63) is 96.1 Å². The number of hydrogen-bond donors (Lipinski definition) is 1. The first-order chi connectivity index (χ1) is 13.1. The zero-order valence-corrected chi connectivity index (χ0v) is 15.3. The van der Waals surface area contributed by atoms with Gasteiger partial charge in [-0.25, -0.2) is 4.79 Å². The maximum Gasteiger partial charge on any atom is 0.330 e. The van der Waals surface area contributed by atoms with Gasteiger partial charge in [0.2, 0.25) is 0 Å². The number of rotatable bonds is 6. The summed E-state index contributed by atoms with van der Waals surface area (Å²) in [6.07, 6.45) is 1.17. The first-order valence-electron chi connectivity index (χ1n) is 8.80. The highest BCUT2D eigenvalue weighted by molar-refractivity contribution is 5.81. The summed E-state index contributed by atoms with van der Waals surface area (Å²) in [6.45, 7) is 5.69. The molecule has 0 saturated heterocycles. The summed E-state index contributed by atoms with van der Waals surface area (Å²) in [5.41, 5.74) is 7.16. The van der Waals surface area contributed by atoms with Crippen LogP contribution in [0.15, 0.2) is 79.4 Å². The van der Waals surface area contributed by atoms with Gasteiger partial charge < -0.3 is 9.84 Å². The van der Waals surface area contributed by atoms with Gasteiger partial charge in [0.25, 0.3) is 0 Å². The van der Waals surface area contributed by atoms with Crippen LogP contribution in [0.1, 0.15) is 16.7 Å². The molecule has 1 N–H and O–H groups in total. The van der Waals surface area contributed by atoms with E-state index in [0.717, 1.165) is 33.4 Å². The number of ether oxygens (including phenoxy) is 1. The van der Waals surface area contributed by atoms with Crippen LogP contribution in [-0.4, -0.2) is 11.1 Å². The minimum Gasteiger partial charge on any atom is -0.458 e. The molecule has 0 spiro atoms. The van der Waals surface area contributed by atoms with Crippen LogP contribution < -0.4 is 0 Å². The summed E-state index contributed by atoms with van der Waals surface area (Å²) in [4.78, 5) is 11.5. The molecule has 0 fully saturated rings. The molecule has 0 unspecified atom stereocenters. The van der Waals surface area contributed by atoms with Crippen molar-refractivity contribution in [2.45, 2.75) is 20.1 Å². The van der Waals surface area contributed by atoms with Gasteiger partial charge in [-0.3, -0.25) is 0 Å². The largest absolute Gasteiger partial charge is 0.458 e. The summed E-state index contributed by atoms with van der Waals surface area (Å²) < 4.78 is 5.30. The van der Waals surface area contributed by atoms with Gasteiger partial charge in [-0.2, -0.15) is 0 Å². The van der Waals surface area contributed by atoms with Crippen LogP contribution >= 0.6 is 0 Å². The number of benzene rings is 3. The first-order valence-corrected chi connectivity index (χ1v) is 8.80. The zero-order chi connectivity index (χ0) is 19.2. The summed E-state index contributed by atoms with van der Waals surface area (Å²) in [7, 11) is 0. The molecule has 3 nitrogen and oxygen atoms in total. The van der Waals surface area contributed by atoms with Crippen molar-refractivity contribution in [3.63, 3.8) is 0 Å². The van der Waals surface area contributed by atoms with Crippen LogP contribution in [0.5, 0.6) is 0 Å². The Hall–Kier alpha value is -3.17. The van der Waals surface area contributed by atoms with E-state index in [1.54, 1.807) is 0 Å². The summed E-state index contributed by atoms with van der Waals surface area (Å²) >= 11 is 0. The van der Waals surface area contributed by atoms with E-state index in [1.165, 1.54) is 11.6 Å². The number of aliphatic hydroxyl groups excluding tert-OH is 1. The number of carbonyl (C=O) groups excluding carboxylic acids is 1. The normalized spacial score (nSPS) is 10.4. The molecular formula is C24H22O3. The van der Waals surface area contributed by atoms with E-state index >= 15 is 0 Å². The van der Waals surface area contributed by atoms with Crippen LogP contribution in [0.25, 0.3) is 22.3 Å². The maximum atomic E-state index is 11.5. The Morgan fingerprint density at radius 3 is 2.22 bits per heavy atom. The molecule has 0 radical (unpaired) electrons. The second-order valence-electron chi connectivity index (χ2n) is 6.40. The van der Waals surface area contributed by atoms with Gasteiger partial charge in [0.05, 0.1) is 6.61 Å². The monoisotopic (exact) mass is 358 g/mol. The molecule has 3 rings (SSSR count). The number of carbonyl (C=O) groups is 1. The number of aryl methyl sites for hydroxylation is 1. The molecule has 0 atom stereocenters. The van der Waals surface area contributed by atoms with E-state index in [1.807, 2.05) is 30.3 Å². The SMILES string of the molecule is C=CC(=O)OCc1cc(-c2ccc(C)cc2)ccc1-c1ccc(CO)cc1. The number of hydrogen-bond acceptors (Lipinski definition) is 3. The van der Waals surface area contributed by atoms with Crippen molar-refractivity contribution in [2.75, 3.05) is 0 Å². The lowest BCUT2D eigenvalue weighted by Gasteiger charge is -2.13. The average Bonchev–Trinajstić information content (AvgIpc) is 2.72. The lowest BCUT2D eigenvalue weighted by molar-refractivity contribution is -0.138. The van der Waals surface area contributed by atoms with E-state index in [0.29, 0.717) is 0 Å². The number of aliphatic hydroxyl groups is 1. The fraction of sp³-hybridized carbons (Fsp3) is 0.125. The highest BCUT2D eigenvalue weighted by Crippen LogP contribution is 2.30. The highest BCUT2D eigenvalue weighted by atomic mass is 16.5.